The minimum atomic E-state index is -3.88. The molecule has 1 rings (SSSR count). The van der Waals surface area contributed by atoms with Gasteiger partial charge in [-0.05, 0) is 24.8 Å². The number of carbonyl (C=O) groups excluding carboxylic acids is 1. The van der Waals surface area contributed by atoms with Gasteiger partial charge in [-0.1, -0.05) is 30.6 Å². The number of hydrogen-bond donors (Lipinski definition) is 0. The number of azide groups is 1. The highest BCUT2D eigenvalue weighted by molar-refractivity contribution is 7.86. The van der Waals surface area contributed by atoms with E-state index >= 15 is 0 Å². The maximum absolute atomic E-state index is 12.0. The number of ether oxygens (including phenoxy) is 2. The molecule has 0 radical (unpaired) electrons. The number of hydrogen-bond acceptors (Lipinski definition) is 7. The Kier molecular flexibility index (Phi) is 8.17. The van der Waals surface area contributed by atoms with E-state index in [9.17, 15) is 13.2 Å². The van der Waals surface area contributed by atoms with E-state index in [4.69, 9.17) is 30.8 Å². The van der Waals surface area contributed by atoms with Crippen molar-refractivity contribution >= 4 is 27.7 Å². The predicted molar refractivity (Wildman–Crippen MR) is 91.4 cm³/mol. The van der Waals surface area contributed by atoms with Crippen molar-refractivity contribution in [1.82, 2.24) is 0 Å². The summed E-state index contributed by atoms with van der Waals surface area (Å²) in [4.78, 5) is 14.7. The van der Waals surface area contributed by atoms with Crippen LogP contribution >= 0.6 is 11.6 Å². The normalized spacial score (nSPS) is 24.2. The standard InChI is InChI=1S/C14H22ClN3O6S/c1-5-8(6-2)23-13-11(15)9(14(19)22-3)7-10(17-18-16)12(13)24-25(4,20)21/h8,10,12-13H,5-7H2,1-4H3/t10-,12+,13-/m1/s1. The first-order chi connectivity index (χ1) is 11.7. The molecule has 0 unspecified atom stereocenters. The molecule has 1 aliphatic rings. The van der Waals surface area contributed by atoms with Crippen molar-refractivity contribution in [2.24, 2.45) is 5.11 Å². The molecule has 0 aromatic carbocycles. The van der Waals surface area contributed by atoms with Crippen LogP contribution in [0.5, 0.6) is 0 Å². The van der Waals surface area contributed by atoms with Crippen LogP contribution in [-0.2, 0) is 28.6 Å². The first kappa shape index (κ1) is 21.7. The molecular weight excluding hydrogens is 374 g/mol. The molecule has 9 nitrogen and oxygen atoms in total. The molecule has 0 aromatic rings. The second-order valence-electron chi connectivity index (χ2n) is 5.55. The van der Waals surface area contributed by atoms with Crippen molar-refractivity contribution in [2.75, 3.05) is 13.4 Å². The maximum Gasteiger partial charge on any atom is 0.335 e. The van der Waals surface area contributed by atoms with Crippen molar-refractivity contribution in [3.05, 3.63) is 21.0 Å². The zero-order chi connectivity index (χ0) is 19.2. The fourth-order valence-electron chi connectivity index (χ4n) is 2.56. The lowest BCUT2D eigenvalue weighted by atomic mass is 9.90. The summed E-state index contributed by atoms with van der Waals surface area (Å²) in [6.07, 6.45) is -0.439. The second-order valence-corrected chi connectivity index (χ2v) is 7.56. The summed E-state index contributed by atoms with van der Waals surface area (Å²) in [5, 5.41) is 3.57. The van der Waals surface area contributed by atoms with Gasteiger partial charge in [-0.15, -0.1) is 0 Å². The fraction of sp³-hybridized carbons (Fsp3) is 0.786. The smallest absolute Gasteiger partial charge is 0.335 e. The molecule has 0 saturated carbocycles. The number of halogens is 1. The van der Waals surface area contributed by atoms with Crippen LogP contribution < -0.4 is 0 Å². The molecule has 11 heteroatoms. The Balaban J connectivity index is 3.42. The number of carbonyl (C=O) groups is 1. The SMILES string of the molecule is CCC(CC)O[C@@H]1C(Cl)=C(C(=O)OC)C[C@@H](N=[N+]=[N-])[C@@H]1OS(C)(=O)=O. The van der Waals surface area contributed by atoms with Gasteiger partial charge in [-0.3, -0.25) is 4.18 Å². The number of methoxy groups -OCH3 is 1. The summed E-state index contributed by atoms with van der Waals surface area (Å²) < 4.78 is 38.9. The third-order valence-corrected chi connectivity index (χ3v) is 4.81. The molecule has 1 aliphatic carbocycles. The summed E-state index contributed by atoms with van der Waals surface area (Å²) in [7, 11) is -2.69. The van der Waals surface area contributed by atoms with Gasteiger partial charge in [0.25, 0.3) is 10.1 Å². The number of nitrogens with zero attached hydrogens (tertiary/aromatic N) is 3. The first-order valence-electron chi connectivity index (χ1n) is 7.73. The van der Waals surface area contributed by atoms with Gasteiger partial charge in [0.2, 0.25) is 0 Å². The highest BCUT2D eigenvalue weighted by Crippen LogP contribution is 2.36. The van der Waals surface area contributed by atoms with Gasteiger partial charge in [0.15, 0.2) is 0 Å². The van der Waals surface area contributed by atoms with E-state index < -0.39 is 34.3 Å². The summed E-state index contributed by atoms with van der Waals surface area (Å²) in [5.74, 6) is -0.695. The van der Waals surface area contributed by atoms with Gasteiger partial charge < -0.3 is 9.47 Å². The van der Waals surface area contributed by atoms with Crippen LogP contribution in [0.2, 0.25) is 0 Å². The lowest BCUT2D eigenvalue weighted by Gasteiger charge is -2.36. The molecule has 0 spiro atoms. The molecule has 0 heterocycles. The Labute approximate surface area is 152 Å². The molecule has 0 aromatic heterocycles. The van der Waals surface area contributed by atoms with E-state index in [0.29, 0.717) is 12.8 Å². The molecule has 0 amide bonds. The Hall–Kier alpha value is -1.32. The fourth-order valence-corrected chi connectivity index (χ4v) is 3.52. The van der Waals surface area contributed by atoms with Gasteiger partial charge in [0.1, 0.15) is 12.2 Å². The van der Waals surface area contributed by atoms with Crippen LogP contribution in [-0.4, -0.2) is 52.1 Å². The molecule has 0 saturated heterocycles. The average molecular weight is 396 g/mol. The number of rotatable bonds is 8. The first-order valence-corrected chi connectivity index (χ1v) is 9.92. The van der Waals surface area contributed by atoms with Crippen LogP contribution in [0.1, 0.15) is 33.1 Å². The Bertz CT molecular complexity index is 670. The third-order valence-electron chi connectivity index (χ3n) is 3.80. The van der Waals surface area contributed by atoms with Crippen molar-refractivity contribution < 1.29 is 26.9 Å². The zero-order valence-electron chi connectivity index (χ0n) is 14.5. The minimum absolute atomic E-state index is 0.00297. The predicted octanol–water partition coefficient (Wildman–Crippen LogP) is 2.65. The van der Waals surface area contributed by atoms with Crippen molar-refractivity contribution in [1.29, 1.82) is 0 Å². The van der Waals surface area contributed by atoms with E-state index in [1.807, 2.05) is 13.8 Å². The van der Waals surface area contributed by atoms with Crippen LogP contribution in [0.15, 0.2) is 15.7 Å². The lowest BCUT2D eigenvalue weighted by molar-refractivity contribution is -0.137. The molecule has 3 atom stereocenters. The minimum Gasteiger partial charge on any atom is -0.466 e. The maximum atomic E-state index is 12.0. The van der Waals surface area contributed by atoms with Crippen LogP contribution in [0, 0.1) is 0 Å². The summed E-state index contributed by atoms with van der Waals surface area (Å²) >= 11 is 6.31. The van der Waals surface area contributed by atoms with E-state index in [1.165, 1.54) is 7.11 Å². The Morgan fingerprint density at radius 2 is 2.04 bits per heavy atom. The molecule has 142 valence electrons. The Morgan fingerprint density at radius 1 is 1.44 bits per heavy atom. The van der Waals surface area contributed by atoms with Gasteiger partial charge in [0.05, 0.1) is 36.1 Å². The van der Waals surface area contributed by atoms with E-state index in [2.05, 4.69) is 10.0 Å². The van der Waals surface area contributed by atoms with Crippen molar-refractivity contribution in [2.45, 2.75) is 57.5 Å². The van der Waals surface area contributed by atoms with Gasteiger partial charge in [-0.25, -0.2) is 4.79 Å². The molecule has 0 N–H and O–H groups in total. The van der Waals surface area contributed by atoms with Gasteiger partial charge >= 0.3 is 5.97 Å². The van der Waals surface area contributed by atoms with E-state index in [-0.39, 0.29) is 23.1 Å². The largest absolute Gasteiger partial charge is 0.466 e. The molecule has 0 aliphatic heterocycles. The number of esters is 1. The van der Waals surface area contributed by atoms with Crippen molar-refractivity contribution in [3.63, 3.8) is 0 Å². The highest BCUT2D eigenvalue weighted by Gasteiger charge is 2.44. The summed E-state index contributed by atoms with van der Waals surface area (Å²) in [6.45, 7) is 3.79. The Morgan fingerprint density at radius 3 is 2.48 bits per heavy atom. The summed E-state index contributed by atoms with van der Waals surface area (Å²) in [6, 6.07) is -0.990. The van der Waals surface area contributed by atoms with Crippen LogP contribution in [0.3, 0.4) is 0 Å². The topological polar surface area (TPSA) is 128 Å². The monoisotopic (exact) mass is 395 g/mol. The van der Waals surface area contributed by atoms with E-state index in [1.54, 1.807) is 0 Å². The third kappa shape index (κ3) is 5.86. The molecule has 25 heavy (non-hydrogen) atoms. The van der Waals surface area contributed by atoms with E-state index in [0.717, 1.165) is 6.26 Å². The highest BCUT2D eigenvalue weighted by atomic mass is 35.5. The van der Waals surface area contributed by atoms with Crippen LogP contribution in [0.25, 0.3) is 10.4 Å². The van der Waals surface area contributed by atoms with Gasteiger partial charge in [-0.2, -0.15) is 8.42 Å². The van der Waals surface area contributed by atoms with Crippen LogP contribution in [0.4, 0.5) is 0 Å². The summed E-state index contributed by atoms with van der Waals surface area (Å²) in [5.41, 5.74) is 8.87. The van der Waals surface area contributed by atoms with Crippen molar-refractivity contribution in [3.8, 4) is 0 Å². The average Bonchev–Trinajstić information content (AvgIpc) is 2.55. The zero-order valence-corrected chi connectivity index (χ0v) is 16.1. The lowest BCUT2D eigenvalue weighted by Crippen LogP contribution is -2.47. The molecule has 0 fully saturated rings. The quantitative estimate of drug-likeness (QED) is 0.204. The second kappa shape index (κ2) is 9.40. The molecule has 0 bridgehead atoms. The molecular formula is C14H22ClN3O6S. The van der Waals surface area contributed by atoms with Gasteiger partial charge in [0, 0.05) is 4.91 Å².